The number of ketones is 1. The van der Waals surface area contributed by atoms with Crippen LogP contribution in [0.4, 0.5) is 0 Å². The van der Waals surface area contributed by atoms with E-state index in [1.807, 2.05) is 24.3 Å². The predicted molar refractivity (Wildman–Crippen MR) is 68.4 cm³/mol. The number of esters is 1. The predicted octanol–water partition coefficient (Wildman–Crippen LogP) is 2.63. The van der Waals surface area contributed by atoms with Gasteiger partial charge in [-0.15, -0.1) is 0 Å². The van der Waals surface area contributed by atoms with Crippen LogP contribution in [-0.4, -0.2) is 18.4 Å². The van der Waals surface area contributed by atoms with E-state index in [1.165, 1.54) is 0 Å². The molecule has 2 rings (SSSR count). The van der Waals surface area contributed by atoms with E-state index in [1.54, 1.807) is 20.8 Å². The standard InChI is InChI=1S/C15H18O3/c1-4-18-14(17)15(2,3)12-9-10-7-5-6-8-11(10)13(12)16/h5-8,12H,4,9H2,1-3H3. The average Bonchev–Trinajstić information content (AvgIpc) is 2.68. The van der Waals surface area contributed by atoms with Gasteiger partial charge in [-0.2, -0.15) is 0 Å². The number of carbonyl (C=O) groups is 2. The minimum Gasteiger partial charge on any atom is -0.466 e. The highest BCUT2D eigenvalue weighted by Crippen LogP contribution is 2.39. The van der Waals surface area contributed by atoms with Crippen molar-refractivity contribution in [3.63, 3.8) is 0 Å². The molecule has 96 valence electrons. The first kappa shape index (κ1) is 12.8. The van der Waals surface area contributed by atoms with Crippen molar-refractivity contribution in [2.24, 2.45) is 11.3 Å². The summed E-state index contributed by atoms with van der Waals surface area (Å²) in [6.07, 6.45) is 0.626. The zero-order valence-electron chi connectivity index (χ0n) is 11.0. The molecule has 0 bridgehead atoms. The largest absolute Gasteiger partial charge is 0.466 e. The lowest BCUT2D eigenvalue weighted by Crippen LogP contribution is -2.37. The third-order valence-corrected chi connectivity index (χ3v) is 3.70. The van der Waals surface area contributed by atoms with Gasteiger partial charge in [0.1, 0.15) is 0 Å². The molecule has 1 aliphatic rings. The average molecular weight is 246 g/mol. The van der Waals surface area contributed by atoms with Crippen molar-refractivity contribution in [2.75, 3.05) is 6.61 Å². The molecule has 1 aromatic rings. The molecule has 0 aliphatic heterocycles. The Morgan fingerprint density at radius 2 is 2.06 bits per heavy atom. The van der Waals surface area contributed by atoms with Gasteiger partial charge in [0, 0.05) is 11.5 Å². The number of Topliss-reactive ketones (excluding diaryl/α,β-unsaturated/α-hetero) is 1. The smallest absolute Gasteiger partial charge is 0.312 e. The van der Waals surface area contributed by atoms with Gasteiger partial charge >= 0.3 is 5.97 Å². The quantitative estimate of drug-likeness (QED) is 0.770. The Bertz CT molecular complexity index is 488. The number of carbonyl (C=O) groups excluding carboxylic acids is 2. The van der Waals surface area contributed by atoms with E-state index in [2.05, 4.69) is 0 Å². The van der Waals surface area contributed by atoms with Crippen LogP contribution in [0.1, 0.15) is 36.7 Å². The summed E-state index contributed by atoms with van der Waals surface area (Å²) in [5, 5.41) is 0. The van der Waals surface area contributed by atoms with Gasteiger partial charge in [-0.3, -0.25) is 9.59 Å². The molecular formula is C15H18O3. The van der Waals surface area contributed by atoms with E-state index in [0.717, 1.165) is 11.1 Å². The van der Waals surface area contributed by atoms with E-state index in [-0.39, 0.29) is 17.7 Å². The van der Waals surface area contributed by atoms with E-state index in [0.29, 0.717) is 13.0 Å². The van der Waals surface area contributed by atoms with Crippen molar-refractivity contribution in [3.05, 3.63) is 35.4 Å². The fourth-order valence-electron chi connectivity index (χ4n) is 2.48. The summed E-state index contributed by atoms with van der Waals surface area (Å²) in [5.41, 5.74) is 1.01. The lowest BCUT2D eigenvalue weighted by Gasteiger charge is -2.27. The highest BCUT2D eigenvalue weighted by molar-refractivity contribution is 6.04. The molecule has 1 unspecified atom stereocenters. The summed E-state index contributed by atoms with van der Waals surface area (Å²) in [7, 11) is 0. The minimum absolute atomic E-state index is 0.0589. The maximum Gasteiger partial charge on any atom is 0.312 e. The van der Waals surface area contributed by atoms with Crippen LogP contribution in [0.2, 0.25) is 0 Å². The Kier molecular flexibility index (Phi) is 3.24. The lowest BCUT2D eigenvalue weighted by atomic mass is 9.76. The zero-order chi connectivity index (χ0) is 13.3. The molecule has 0 aromatic heterocycles. The van der Waals surface area contributed by atoms with Gasteiger partial charge in [-0.25, -0.2) is 0 Å². The van der Waals surface area contributed by atoms with Crippen LogP contribution in [0.15, 0.2) is 24.3 Å². The van der Waals surface area contributed by atoms with E-state index in [4.69, 9.17) is 4.74 Å². The van der Waals surface area contributed by atoms with Crippen molar-refractivity contribution in [1.29, 1.82) is 0 Å². The molecule has 0 radical (unpaired) electrons. The molecule has 3 nitrogen and oxygen atoms in total. The van der Waals surface area contributed by atoms with Crippen molar-refractivity contribution in [2.45, 2.75) is 27.2 Å². The van der Waals surface area contributed by atoms with E-state index in [9.17, 15) is 9.59 Å². The van der Waals surface area contributed by atoms with Gasteiger partial charge < -0.3 is 4.74 Å². The van der Waals surface area contributed by atoms with Crippen LogP contribution in [0.3, 0.4) is 0 Å². The third-order valence-electron chi connectivity index (χ3n) is 3.70. The fourth-order valence-corrected chi connectivity index (χ4v) is 2.48. The highest BCUT2D eigenvalue weighted by Gasteiger charge is 2.46. The number of benzene rings is 1. The second-order valence-corrected chi connectivity index (χ2v) is 5.22. The van der Waals surface area contributed by atoms with Gasteiger partial charge in [-0.05, 0) is 32.8 Å². The number of hydrogen-bond donors (Lipinski definition) is 0. The monoisotopic (exact) mass is 246 g/mol. The Morgan fingerprint density at radius 3 is 2.67 bits per heavy atom. The van der Waals surface area contributed by atoms with Crippen LogP contribution < -0.4 is 0 Å². The second-order valence-electron chi connectivity index (χ2n) is 5.22. The summed E-state index contributed by atoms with van der Waals surface area (Å²) in [5.74, 6) is -0.547. The van der Waals surface area contributed by atoms with Gasteiger partial charge in [0.2, 0.25) is 0 Å². The normalized spacial score (nSPS) is 18.6. The highest BCUT2D eigenvalue weighted by atomic mass is 16.5. The fraction of sp³-hybridized carbons (Fsp3) is 0.467. The van der Waals surface area contributed by atoms with Crippen molar-refractivity contribution < 1.29 is 14.3 Å². The summed E-state index contributed by atoms with van der Waals surface area (Å²) in [6.45, 7) is 5.70. The first-order chi connectivity index (χ1) is 8.48. The van der Waals surface area contributed by atoms with E-state index < -0.39 is 5.41 Å². The molecule has 0 N–H and O–H groups in total. The Balaban J connectivity index is 2.28. The maximum absolute atomic E-state index is 12.3. The van der Waals surface area contributed by atoms with Crippen LogP contribution >= 0.6 is 0 Å². The number of hydrogen-bond acceptors (Lipinski definition) is 3. The number of fused-ring (bicyclic) bond motifs is 1. The van der Waals surface area contributed by atoms with Crippen molar-refractivity contribution in [1.82, 2.24) is 0 Å². The van der Waals surface area contributed by atoms with Crippen LogP contribution in [0, 0.1) is 11.3 Å². The van der Waals surface area contributed by atoms with Gasteiger partial charge in [-0.1, -0.05) is 24.3 Å². The first-order valence-corrected chi connectivity index (χ1v) is 6.27. The van der Waals surface area contributed by atoms with Crippen LogP contribution in [0.5, 0.6) is 0 Å². The Morgan fingerprint density at radius 1 is 1.39 bits per heavy atom. The summed E-state index contributed by atoms with van der Waals surface area (Å²) in [6, 6.07) is 7.57. The minimum atomic E-state index is -0.772. The Labute approximate surface area is 107 Å². The second kappa shape index (κ2) is 4.56. The maximum atomic E-state index is 12.3. The molecule has 0 spiro atoms. The van der Waals surface area contributed by atoms with Gasteiger partial charge in [0.25, 0.3) is 0 Å². The molecule has 1 aromatic carbocycles. The SMILES string of the molecule is CCOC(=O)C(C)(C)C1Cc2ccccc2C1=O. The number of rotatable bonds is 3. The molecule has 0 amide bonds. The molecule has 18 heavy (non-hydrogen) atoms. The first-order valence-electron chi connectivity index (χ1n) is 6.27. The molecule has 0 saturated carbocycles. The zero-order valence-corrected chi connectivity index (χ0v) is 11.0. The molecular weight excluding hydrogens is 228 g/mol. The molecule has 0 fully saturated rings. The Hall–Kier alpha value is -1.64. The van der Waals surface area contributed by atoms with Crippen LogP contribution in [0.25, 0.3) is 0 Å². The molecule has 3 heteroatoms. The third kappa shape index (κ3) is 1.94. The summed E-state index contributed by atoms with van der Waals surface area (Å²) >= 11 is 0. The van der Waals surface area contributed by atoms with Crippen molar-refractivity contribution in [3.8, 4) is 0 Å². The lowest BCUT2D eigenvalue weighted by molar-refractivity contribution is -0.155. The topological polar surface area (TPSA) is 43.4 Å². The van der Waals surface area contributed by atoms with Gasteiger partial charge in [0.15, 0.2) is 5.78 Å². The van der Waals surface area contributed by atoms with Crippen molar-refractivity contribution >= 4 is 11.8 Å². The molecule has 0 heterocycles. The molecule has 1 atom stereocenters. The summed E-state index contributed by atoms with van der Waals surface area (Å²) in [4.78, 5) is 24.3. The summed E-state index contributed by atoms with van der Waals surface area (Å²) < 4.78 is 5.08. The van der Waals surface area contributed by atoms with Crippen LogP contribution in [-0.2, 0) is 16.0 Å². The molecule has 1 aliphatic carbocycles. The number of ether oxygens (including phenoxy) is 1. The molecule has 0 saturated heterocycles. The van der Waals surface area contributed by atoms with Gasteiger partial charge in [0.05, 0.1) is 12.0 Å². The van der Waals surface area contributed by atoms with E-state index >= 15 is 0 Å².